The van der Waals surface area contributed by atoms with Crippen molar-refractivity contribution in [1.29, 1.82) is 5.26 Å². The third-order valence-corrected chi connectivity index (χ3v) is 7.55. The van der Waals surface area contributed by atoms with E-state index >= 15 is 0 Å². The van der Waals surface area contributed by atoms with Crippen molar-refractivity contribution in [3.63, 3.8) is 0 Å². The number of pyridine rings is 1. The fraction of sp³-hybridized carbons (Fsp3) is 0.370. The Labute approximate surface area is 239 Å². The minimum atomic E-state index is -0.0258. The van der Waals surface area contributed by atoms with Gasteiger partial charge in [-0.2, -0.15) is 5.26 Å². The van der Waals surface area contributed by atoms with Crippen LogP contribution in [0, 0.1) is 11.3 Å². The summed E-state index contributed by atoms with van der Waals surface area (Å²) in [5.74, 6) is 0.765. The third kappa shape index (κ3) is 6.82. The first-order valence-electron chi connectivity index (χ1n) is 12.2. The summed E-state index contributed by atoms with van der Waals surface area (Å²) in [7, 11) is 1.65. The summed E-state index contributed by atoms with van der Waals surface area (Å²) < 4.78 is 13.2. The number of halogens is 2. The molecule has 8 nitrogen and oxygen atoms in total. The van der Waals surface area contributed by atoms with Crippen molar-refractivity contribution in [3.05, 3.63) is 64.3 Å². The Kier molecular flexibility index (Phi) is 10.9. The maximum Gasteiger partial charge on any atom is 0.258 e. The molecule has 0 atom stereocenters. The highest BCUT2D eigenvalue weighted by Gasteiger charge is 2.26. The van der Waals surface area contributed by atoms with Crippen LogP contribution >= 0.6 is 36.6 Å². The molecule has 38 heavy (non-hydrogen) atoms. The van der Waals surface area contributed by atoms with Gasteiger partial charge in [0.15, 0.2) is 0 Å². The number of amides is 1. The van der Waals surface area contributed by atoms with E-state index in [1.165, 1.54) is 11.8 Å². The van der Waals surface area contributed by atoms with Gasteiger partial charge in [0.05, 0.1) is 46.2 Å². The van der Waals surface area contributed by atoms with E-state index in [1.54, 1.807) is 19.2 Å². The number of piperidine rings is 1. The molecule has 0 bridgehead atoms. The SMILES string of the molecule is COCc1nc2cccc3n2c1C=C(C(=O)NC1CCN(CCCOc2ccc(C#N)cc2)CC1)S3.Cl.Cl. The van der Waals surface area contributed by atoms with Crippen LogP contribution in [0.25, 0.3) is 11.7 Å². The van der Waals surface area contributed by atoms with Crippen LogP contribution < -0.4 is 10.1 Å². The lowest BCUT2D eigenvalue weighted by molar-refractivity contribution is -0.117. The number of rotatable bonds is 9. The number of carbonyl (C=O) groups excluding carboxylic acids is 1. The molecule has 0 radical (unpaired) electrons. The van der Waals surface area contributed by atoms with Gasteiger partial charge in [-0.05, 0) is 61.7 Å². The number of nitriles is 1. The number of likely N-dealkylation sites (tertiary alicyclic amines) is 1. The smallest absolute Gasteiger partial charge is 0.258 e. The number of benzene rings is 1. The minimum Gasteiger partial charge on any atom is -0.494 e. The van der Waals surface area contributed by atoms with E-state index in [0.29, 0.717) is 23.7 Å². The van der Waals surface area contributed by atoms with Crippen LogP contribution in [0.15, 0.2) is 52.4 Å². The second-order valence-corrected chi connectivity index (χ2v) is 10.0. The maximum atomic E-state index is 13.1. The molecule has 11 heteroatoms. The number of hydrogen-bond donors (Lipinski definition) is 1. The normalized spacial score (nSPS) is 15.1. The predicted molar refractivity (Wildman–Crippen MR) is 153 cm³/mol. The standard InChI is InChI=1S/C27H29N5O3S.2ClH/c1-34-18-22-23-16-24(36-26-5-2-4-25(30-22)32(23)26)27(33)29-20-10-13-31(14-11-20)12-3-15-35-21-8-6-19(17-28)7-9-21;;/h2,4-9,16,20H,3,10-15,18H2,1H3,(H,29,33);2*1H. The van der Waals surface area contributed by atoms with Crippen LogP contribution in [0.5, 0.6) is 5.75 Å². The van der Waals surface area contributed by atoms with Crippen LogP contribution in [-0.4, -0.2) is 59.6 Å². The zero-order chi connectivity index (χ0) is 24.9. The third-order valence-electron chi connectivity index (χ3n) is 6.50. The lowest BCUT2D eigenvalue weighted by Gasteiger charge is -2.32. The number of imidazole rings is 1. The van der Waals surface area contributed by atoms with Gasteiger partial charge in [-0.1, -0.05) is 17.8 Å². The van der Waals surface area contributed by atoms with Gasteiger partial charge in [-0.3, -0.25) is 9.20 Å². The van der Waals surface area contributed by atoms with Crippen molar-refractivity contribution < 1.29 is 14.3 Å². The molecule has 1 saturated heterocycles. The topological polar surface area (TPSA) is 91.9 Å². The van der Waals surface area contributed by atoms with Crippen LogP contribution in [0.2, 0.25) is 0 Å². The molecule has 5 rings (SSSR count). The summed E-state index contributed by atoms with van der Waals surface area (Å²) in [6.07, 6.45) is 4.74. The second-order valence-electron chi connectivity index (χ2n) is 8.97. The van der Waals surface area contributed by atoms with E-state index < -0.39 is 0 Å². The number of nitrogens with one attached hydrogen (secondary N) is 1. The van der Waals surface area contributed by atoms with Crippen LogP contribution in [-0.2, 0) is 16.1 Å². The molecule has 2 aliphatic heterocycles. The van der Waals surface area contributed by atoms with Gasteiger partial charge in [0.25, 0.3) is 5.91 Å². The van der Waals surface area contributed by atoms with E-state index in [1.807, 2.05) is 36.4 Å². The maximum absolute atomic E-state index is 13.1. The monoisotopic (exact) mass is 575 g/mol. The molecule has 1 amide bonds. The van der Waals surface area contributed by atoms with Crippen molar-refractivity contribution in [1.82, 2.24) is 19.6 Å². The zero-order valence-corrected chi connectivity index (χ0v) is 23.5. The summed E-state index contributed by atoms with van der Waals surface area (Å²) in [5, 5.41) is 13.1. The predicted octanol–water partition coefficient (Wildman–Crippen LogP) is 4.69. The first-order valence-corrected chi connectivity index (χ1v) is 13.0. The van der Waals surface area contributed by atoms with Gasteiger partial charge in [0, 0.05) is 32.8 Å². The molecule has 2 aliphatic rings. The molecule has 3 aromatic rings. The summed E-state index contributed by atoms with van der Waals surface area (Å²) in [4.78, 5) is 20.9. The quantitative estimate of drug-likeness (QED) is 0.370. The summed E-state index contributed by atoms with van der Waals surface area (Å²) >= 11 is 1.48. The van der Waals surface area contributed by atoms with E-state index in [0.717, 1.165) is 66.7 Å². The summed E-state index contributed by atoms with van der Waals surface area (Å²) in [5.41, 5.74) is 3.26. The van der Waals surface area contributed by atoms with Gasteiger partial charge in [-0.15, -0.1) is 24.8 Å². The Hall–Kier alpha value is -2.74. The van der Waals surface area contributed by atoms with Gasteiger partial charge in [0.2, 0.25) is 0 Å². The fourth-order valence-corrected chi connectivity index (χ4v) is 5.62. The van der Waals surface area contributed by atoms with Crippen molar-refractivity contribution in [2.45, 2.75) is 36.9 Å². The Balaban J connectivity index is 0.00000200. The van der Waals surface area contributed by atoms with Gasteiger partial charge in [-0.25, -0.2) is 4.98 Å². The van der Waals surface area contributed by atoms with Crippen molar-refractivity contribution >= 4 is 54.2 Å². The molecule has 0 aliphatic carbocycles. The van der Waals surface area contributed by atoms with Gasteiger partial charge >= 0.3 is 0 Å². The van der Waals surface area contributed by atoms with Crippen molar-refractivity contribution in [2.24, 2.45) is 0 Å². The summed E-state index contributed by atoms with van der Waals surface area (Å²) in [6, 6.07) is 15.4. The van der Waals surface area contributed by atoms with Crippen molar-refractivity contribution in [3.8, 4) is 11.8 Å². The fourth-order valence-electron chi connectivity index (χ4n) is 4.64. The number of thioether (sulfide) groups is 1. The molecule has 0 unspecified atom stereocenters. The van der Waals surface area contributed by atoms with Crippen LogP contribution in [0.1, 0.15) is 36.2 Å². The number of hydrogen-bond acceptors (Lipinski definition) is 7. The molecule has 1 N–H and O–H groups in total. The largest absolute Gasteiger partial charge is 0.494 e. The van der Waals surface area contributed by atoms with Crippen molar-refractivity contribution in [2.75, 3.05) is 33.4 Å². The number of methoxy groups -OCH3 is 1. The highest BCUT2D eigenvalue weighted by molar-refractivity contribution is 8.04. The van der Waals surface area contributed by atoms with E-state index in [4.69, 9.17) is 14.7 Å². The Bertz CT molecular complexity index is 1310. The average Bonchev–Trinajstić information content (AvgIpc) is 3.26. The molecular formula is C27H31Cl2N5O3S. The molecule has 0 spiro atoms. The molecule has 202 valence electrons. The van der Waals surface area contributed by atoms with Gasteiger partial charge < -0.3 is 19.7 Å². The molecular weight excluding hydrogens is 545 g/mol. The second kappa shape index (κ2) is 13.9. The lowest BCUT2D eigenvalue weighted by atomic mass is 10.0. The van der Waals surface area contributed by atoms with Gasteiger partial charge in [0.1, 0.15) is 11.4 Å². The van der Waals surface area contributed by atoms with E-state index in [9.17, 15) is 4.79 Å². The zero-order valence-electron chi connectivity index (χ0n) is 21.1. The van der Waals surface area contributed by atoms with Crippen LogP contribution in [0.4, 0.5) is 0 Å². The number of nitrogens with zero attached hydrogens (tertiary/aromatic N) is 4. The molecule has 4 heterocycles. The highest BCUT2D eigenvalue weighted by atomic mass is 35.5. The first kappa shape index (κ1) is 29.8. The average molecular weight is 577 g/mol. The van der Waals surface area contributed by atoms with Crippen LogP contribution in [0.3, 0.4) is 0 Å². The Morgan fingerprint density at radius 2 is 1.95 bits per heavy atom. The minimum absolute atomic E-state index is 0. The van der Waals surface area contributed by atoms with E-state index in [-0.39, 0.29) is 36.8 Å². The molecule has 1 aromatic carbocycles. The highest BCUT2D eigenvalue weighted by Crippen LogP contribution is 2.36. The Morgan fingerprint density at radius 1 is 1.18 bits per heavy atom. The lowest BCUT2D eigenvalue weighted by Crippen LogP contribution is -2.45. The van der Waals surface area contributed by atoms with E-state index in [2.05, 4.69) is 25.7 Å². The molecule has 0 saturated carbocycles. The Morgan fingerprint density at radius 3 is 2.66 bits per heavy atom. The summed E-state index contributed by atoms with van der Waals surface area (Å²) in [6.45, 7) is 3.93. The first-order chi connectivity index (χ1) is 17.6. The molecule has 2 aromatic heterocycles. The number of carbonyl (C=O) groups is 1. The number of ether oxygens (including phenoxy) is 2. The molecule has 1 fully saturated rings. The number of aromatic nitrogens is 2.